The molecule has 0 N–H and O–H groups in total. The Morgan fingerprint density at radius 1 is 0.320 bits per heavy atom. The van der Waals surface area contributed by atoms with E-state index in [1.165, 1.54) is 21.9 Å². The van der Waals surface area contributed by atoms with Crippen LogP contribution in [-0.2, 0) is 0 Å². The van der Waals surface area contributed by atoms with E-state index in [-0.39, 0.29) is 0 Å². The quantitative estimate of drug-likeness (QED) is 0.182. The van der Waals surface area contributed by atoms with Crippen molar-refractivity contribution >= 4 is 21.7 Å². The minimum absolute atomic E-state index is 0.706. The van der Waals surface area contributed by atoms with Crippen molar-refractivity contribution in [3.8, 4) is 67.3 Å². The third-order valence-corrected chi connectivity index (χ3v) is 9.34. The zero-order valence-corrected chi connectivity index (χ0v) is 27.2. The van der Waals surface area contributed by atoms with Crippen LogP contribution >= 0.6 is 0 Å². The molecule has 0 bridgehead atoms. The third kappa shape index (κ3) is 5.61. The Morgan fingerprint density at radius 3 is 1.58 bits per heavy atom. The van der Waals surface area contributed by atoms with Gasteiger partial charge in [0.2, 0.25) is 0 Å². The standard InChI is InChI=1S/C47H31N3/c1-3-11-35(12-4-1)44-31-45(36-13-5-2-6-14-36)50-47(49-44)38-26-20-32(21-27-38)40-29-39-15-7-8-18-41(39)43(30-40)34-24-22-33(23-25-34)42-19-9-16-37-17-10-28-48-46(37)42/h1-31H. The maximum Gasteiger partial charge on any atom is 0.160 e. The molecule has 2 heterocycles. The lowest BCUT2D eigenvalue weighted by molar-refractivity contribution is 1.18. The van der Waals surface area contributed by atoms with Crippen molar-refractivity contribution in [2.24, 2.45) is 0 Å². The summed E-state index contributed by atoms with van der Waals surface area (Å²) >= 11 is 0. The summed E-state index contributed by atoms with van der Waals surface area (Å²) in [5.41, 5.74) is 12.9. The van der Waals surface area contributed by atoms with Crippen LogP contribution in [-0.4, -0.2) is 15.0 Å². The van der Waals surface area contributed by atoms with Crippen LogP contribution in [0.25, 0.3) is 89.0 Å². The van der Waals surface area contributed by atoms with Gasteiger partial charge in [0, 0.05) is 33.8 Å². The van der Waals surface area contributed by atoms with E-state index in [2.05, 4.69) is 145 Å². The Kier molecular flexibility index (Phi) is 7.49. The molecular weight excluding hydrogens is 607 g/mol. The summed E-state index contributed by atoms with van der Waals surface area (Å²) in [4.78, 5) is 14.7. The summed E-state index contributed by atoms with van der Waals surface area (Å²) in [5, 5.41) is 3.58. The number of hydrogen-bond donors (Lipinski definition) is 0. The van der Waals surface area contributed by atoms with E-state index < -0.39 is 0 Å². The van der Waals surface area contributed by atoms with Crippen LogP contribution in [0.2, 0.25) is 0 Å². The van der Waals surface area contributed by atoms with Crippen molar-refractivity contribution < 1.29 is 0 Å². The first-order valence-corrected chi connectivity index (χ1v) is 16.8. The first-order chi connectivity index (χ1) is 24.8. The van der Waals surface area contributed by atoms with Gasteiger partial charge in [-0.25, -0.2) is 9.97 Å². The molecule has 7 aromatic carbocycles. The number of rotatable bonds is 6. The molecule has 0 saturated heterocycles. The van der Waals surface area contributed by atoms with Gasteiger partial charge in [0.25, 0.3) is 0 Å². The van der Waals surface area contributed by atoms with Crippen molar-refractivity contribution in [1.29, 1.82) is 0 Å². The summed E-state index contributed by atoms with van der Waals surface area (Å²) in [6.45, 7) is 0. The molecule has 2 aromatic heterocycles. The molecule has 9 aromatic rings. The molecule has 234 valence electrons. The number of benzene rings is 7. The maximum absolute atomic E-state index is 5.03. The van der Waals surface area contributed by atoms with Crippen molar-refractivity contribution in [3.05, 3.63) is 188 Å². The van der Waals surface area contributed by atoms with Gasteiger partial charge in [-0.15, -0.1) is 0 Å². The van der Waals surface area contributed by atoms with Gasteiger partial charge in [0.15, 0.2) is 5.82 Å². The van der Waals surface area contributed by atoms with E-state index >= 15 is 0 Å². The van der Waals surface area contributed by atoms with Gasteiger partial charge in [0.1, 0.15) is 0 Å². The minimum atomic E-state index is 0.706. The molecule has 3 nitrogen and oxygen atoms in total. The SMILES string of the molecule is c1ccc(-c2cc(-c3ccccc3)nc(-c3ccc(-c4cc(-c5ccc(-c6cccc7cccnc67)cc5)c5ccccc5c4)cc3)n2)cc1. The van der Waals surface area contributed by atoms with Crippen molar-refractivity contribution in [1.82, 2.24) is 15.0 Å². The highest BCUT2D eigenvalue weighted by molar-refractivity contribution is 6.01. The van der Waals surface area contributed by atoms with Gasteiger partial charge < -0.3 is 0 Å². The molecule has 0 unspecified atom stereocenters. The van der Waals surface area contributed by atoms with Crippen LogP contribution in [0.15, 0.2) is 188 Å². The Hall–Kier alpha value is -6.71. The van der Waals surface area contributed by atoms with Gasteiger partial charge >= 0.3 is 0 Å². The lowest BCUT2D eigenvalue weighted by atomic mass is 9.91. The minimum Gasteiger partial charge on any atom is -0.256 e. The zero-order valence-electron chi connectivity index (χ0n) is 27.2. The number of pyridine rings is 1. The predicted molar refractivity (Wildman–Crippen MR) is 207 cm³/mol. The van der Waals surface area contributed by atoms with E-state index in [0.29, 0.717) is 5.82 Å². The molecule has 3 heteroatoms. The number of fused-ring (bicyclic) bond motifs is 2. The van der Waals surface area contributed by atoms with E-state index in [1.54, 1.807) is 0 Å². The van der Waals surface area contributed by atoms with Gasteiger partial charge in [-0.05, 0) is 62.9 Å². The Balaban J connectivity index is 1.09. The lowest BCUT2D eigenvalue weighted by Gasteiger charge is -2.13. The van der Waals surface area contributed by atoms with Gasteiger partial charge in [-0.2, -0.15) is 0 Å². The average molecular weight is 638 g/mol. The summed E-state index contributed by atoms with van der Waals surface area (Å²) in [6, 6.07) is 63.9. The number of hydrogen-bond acceptors (Lipinski definition) is 3. The molecule has 0 amide bonds. The topological polar surface area (TPSA) is 38.7 Å². The highest BCUT2D eigenvalue weighted by atomic mass is 14.9. The molecular formula is C47H31N3. The number of para-hydroxylation sites is 1. The van der Waals surface area contributed by atoms with Crippen molar-refractivity contribution in [2.45, 2.75) is 0 Å². The van der Waals surface area contributed by atoms with E-state index in [0.717, 1.165) is 61.2 Å². The number of nitrogens with zero attached hydrogens (tertiary/aromatic N) is 3. The first-order valence-electron chi connectivity index (χ1n) is 16.8. The predicted octanol–water partition coefficient (Wildman–Crippen LogP) is 12.2. The van der Waals surface area contributed by atoms with Gasteiger partial charge in [0.05, 0.1) is 16.9 Å². The second-order valence-electron chi connectivity index (χ2n) is 12.5. The van der Waals surface area contributed by atoms with Gasteiger partial charge in [-0.3, -0.25) is 4.98 Å². The van der Waals surface area contributed by atoms with Crippen molar-refractivity contribution in [3.63, 3.8) is 0 Å². The van der Waals surface area contributed by atoms with Crippen LogP contribution in [0.5, 0.6) is 0 Å². The smallest absolute Gasteiger partial charge is 0.160 e. The summed E-state index contributed by atoms with van der Waals surface area (Å²) in [6.07, 6.45) is 1.86. The molecule has 0 fully saturated rings. The second kappa shape index (κ2) is 12.7. The molecule has 50 heavy (non-hydrogen) atoms. The highest BCUT2D eigenvalue weighted by Crippen LogP contribution is 2.37. The fourth-order valence-corrected chi connectivity index (χ4v) is 6.78. The van der Waals surface area contributed by atoms with Crippen LogP contribution in [0.1, 0.15) is 0 Å². The van der Waals surface area contributed by atoms with Crippen LogP contribution in [0, 0.1) is 0 Å². The maximum atomic E-state index is 5.03. The molecule has 0 saturated carbocycles. The molecule has 0 radical (unpaired) electrons. The molecule has 0 aliphatic carbocycles. The molecule has 0 aliphatic heterocycles. The second-order valence-corrected chi connectivity index (χ2v) is 12.5. The van der Waals surface area contributed by atoms with Crippen LogP contribution in [0.4, 0.5) is 0 Å². The zero-order chi connectivity index (χ0) is 33.3. The fraction of sp³-hybridized carbons (Fsp3) is 0. The lowest BCUT2D eigenvalue weighted by Crippen LogP contribution is -1.96. The summed E-state index contributed by atoms with van der Waals surface area (Å²) in [7, 11) is 0. The third-order valence-electron chi connectivity index (χ3n) is 9.34. The largest absolute Gasteiger partial charge is 0.256 e. The fourth-order valence-electron chi connectivity index (χ4n) is 6.78. The van der Waals surface area contributed by atoms with Gasteiger partial charge in [-0.1, -0.05) is 158 Å². The Morgan fingerprint density at radius 2 is 0.880 bits per heavy atom. The molecule has 0 aliphatic rings. The highest BCUT2D eigenvalue weighted by Gasteiger charge is 2.13. The van der Waals surface area contributed by atoms with E-state index in [9.17, 15) is 0 Å². The monoisotopic (exact) mass is 637 g/mol. The Bertz CT molecular complexity index is 2550. The number of aromatic nitrogens is 3. The normalized spacial score (nSPS) is 11.2. The van der Waals surface area contributed by atoms with Crippen LogP contribution in [0.3, 0.4) is 0 Å². The molecule has 0 spiro atoms. The van der Waals surface area contributed by atoms with E-state index in [4.69, 9.17) is 9.97 Å². The first kappa shape index (κ1) is 29.4. The van der Waals surface area contributed by atoms with Crippen LogP contribution < -0.4 is 0 Å². The van der Waals surface area contributed by atoms with Crippen molar-refractivity contribution in [2.75, 3.05) is 0 Å². The molecule has 9 rings (SSSR count). The van der Waals surface area contributed by atoms with E-state index in [1.807, 2.05) is 48.7 Å². The Labute approximate surface area is 291 Å². The summed E-state index contributed by atoms with van der Waals surface area (Å²) < 4.78 is 0. The molecule has 0 atom stereocenters. The summed E-state index contributed by atoms with van der Waals surface area (Å²) in [5.74, 6) is 0.706. The average Bonchev–Trinajstić information content (AvgIpc) is 3.21.